The Bertz CT molecular complexity index is 318. The van der Waals surface area contributed by atoms with Crippen molar-refractivity contribution in [1.29, 1.82) is 0 Å². The molecule has 0 aliphatic carbocycles. The molecular weight excluding hydrogens is 186 g/mol. The molecule has 0 aromatic carbocycles. The Morgan fingerprint density at radius 2 is 2.33 bits per heavy atom. The van der Waals surface area contributed by atoms with Gasteiger partial charge >= 0.3 is 0 Å². The van der Waals surface area contributed by atoms with Crippen molar-refractivity contribution in [2.45, 2.75) is 58.2 Å². The second-order valence-corrected chi connectivity index (χ2v) is 4.50. The van der Waals surface area contributed by atoms with Gasteiger partial charge in [0.2, 0.25) is 0 Å². The molecule has 1 aliphatic heterocycles. The zero-order valence-electron chi connectivity index (χ0n) is 9.90. The quantitative estimate of drug-likeness (QED) is 0.823. The van der Waals surface area contributed by atoms with E-state index in [1.165, 1.54) is 18.5 Å². The standard InChI is InChI=1S/C12H21N3/c1-4-11-10(8-9(3)14-11)12-6-7-13-15(12)5-2/h6-7,9-11,14H,4-5,8H2,1-3H3. The van der Waals surface area contributed by atoms with Crippen molar-refractivity contribution in [3.63, 3.8) is 0 Å². The van der Waals surface area contributed by atoms with Gasteiger partial charge in [-0.3, -0.25) is 4.68 Å². The van der Waals surface area contributed by atoms with Gasteiger partial charge in [-0.2, -0.15) is 5.10 Å². The SMILES string of the molecule is CCC1NC(C)CC1c1ccnn1CC. The number of aromatic nitrogens is 2. The Labute approximate surface area is 91.9 Å². The summed E-state index contributed by atoms with van der Waals surface area (Å²) in [7, 11) is 0. The number of hydrogen-bond acceptors (Lipinski definition) is 2. The molecule has 15 heavy (non-hydrogen) atoms. The first kappa shape index (κ1) is 10.7. The summed E-state index contributed by atoms with van der Waals surface area (Å²) < 4.78 is 2.13. The fourth-order valence-electron chi connectivity index (χ4n) is 2.75. The molecule has 1 aliphatic rings. The molecule has 0 spiro atoms. The molecule has 3 atom stereocenters. The summed E-state index contributed by atoms with van der Waals surface area (Å²) in [4.78, 5) is 0. The van der Waals surface area contributed by atoms with Crippen molar-refractivity contribution >= 4 is 0 Å². The van der Waals surface area contributed by atoms with Gasteiger partial charge in [-0.05, 0) is 32.8 Å². The van der Waals surface area contributed by atoms with Crippen LogP contribution in [0.2, 0.25) is 0 Å². The predicted octanol–water partition coefficient (Wildman–Crippen LogP) is 2.15. The van der Waals surface area contributed by atoms with Crippen molar-refractivity contribution in [1.82, 2.24) is 15.1 Å². The molecule has 3 nitrogen and oxygen atoms in total. The monoisotopic (exact) mass is 207 g/mol. The van der Waals surface area contributed by atoms with Crippen molar-refractivity contribution in [2.24, 2.45) is 0 Å². The van der Waals surface area contributed by atoms with Gasteiger partial charge in [0.15, 0.2) is 0 Å². The van der Waals surface area contributed by atoms with Crippen LogP contribution >= 0.6 is 0 Å². The molecular formula is C12H21N3. The molecule has 84 valence electrons. The number of aryl methyl sites for hydroxylation is 1. The second kappa shape index (κ2) is 4.35. The van der Waals surface area contributed by atoms with E-state index in [4.69, 9.17) is 0 Å². The zero-order valence-corrected chi connectivity index (χ0v) is 9.90. The highest BCUT2D eigenvalue weighted by atomic mass is 15.3. The molecule has 3 heteroatoms. The molecule has 3 unspecified atom stereocenters. The largest absolute Gasteiger partial charge is 0.311 e. The zero-order chi connectivity index (χ0) is 10.8. The Morgan fingerprint density at radius 1 is 1.53 bits per heavy atom. The fraction of sp³-hybridized carbons (Fsp3) is 0.750. The van der Waals surface area contributed by atoms with E-state index in [1.54, 1.807) is 0 Å². The van der Waals surface area contributed by atoms with Crippen LogP contribution < -0.4 is 5.32 Å². The maximum Gasteiger partial charge on any atom is 0.0492 e. The molecule has 1 N–H and O–H groups in total. The summed E-state index contributed by atoms with van der Waals surface area (Å²) >= 11 is 0. The molecule has 0 radical (unpaired) electrons. The summed E-state index contributed by atoms with van der Waals surface area (Å²) in [5.74, 6) is 0.646. The molecule has 1 aromatic heterocycles. The third-order valence-electron chi connectivity index (χ3n) is 3.46. The van der Waals surface area contributed by atoms with Crippen LogP contribution in [0.1, 0.15) is 45.2 Å². The van der Waals surface area contributed by atoms with Gasteiger partial charge in [0, 0.05) is 36.4 Å². The summed E-state index contributed by atoms with van der Waals surface area (Å²) in [5.41, 5.74) is 1.40. The van der Waals surface area contributed by atoms with E-state index in [-0.39, 0.29) is 0 Å². The number of rotatable bonds is 3. The van der Waals surface area contributed by atoms with Crippen LogP contribution in [0, 0.1) is 0 Å². The van der Waals surface area contributed by atoms with Crippen LogP contribution in [0.4, 0.5) is 0 Å². The van der Waals surface area contributed by atoms with Crippen molar-refractivity contribution in [3.05, 3.63) is 18.0 Å². The van der Waals surface area contributed by atoms with Crippen molar-refractivity contribution in [2.75, 3.05) is 0 Å². The van der Waals surface area contributed by atoms with Gasteiger partial charge < -0.3 is 5.32 Å². The minimum atomic E-state index is 0.627. The Balaban J connectivity index is 2.22. The minimum absolute atomic E-state index is 0.627. The molecule has 2 rings (SSSR count). The van der Waals surface area contributed by atoms with Gasteiger partial charge in [-0.15, -0.1) is 0 Å². The lowest BCUT2D eigenvalue weighted by molar-refractivity contribution is 0.486. The van der Waals surface area contributed by atoms with Gasteiger partial charge in [0.25, 0.3) is 0 Å². The summed E-state index contributed by atoms with van der Waals surface area (Å²) in [5, 5.41) is 8.01. The highest BCUT2D eigenvalue weighted by molar-refractivity contribution is 5.14. The molecule has 1 fully saturated rings. The van der Waals surface area contributed by atoms with E-state index in [1.807, 2.05) is 6.20 Å². The highest BCUT2D eigenvalue weighted by Gasteiger charge is 2.32. The molecule has 0 bridgehead atoms. The lowest BCUT2D eigenvalue weighted by atomic mass is 9.94. The number of nitrogens with zero attached hydrogens (tertiary/aromatic N) is 2. The fourth-order valence-corrected chi connectivity index (χ4v) is 2.75. The molecule has 2 heterocycles. The summed E-state index contributed by atoms with van der Waals surface area (Å²) in [6, 6.07) is 3.44. The Morgan fingerprint density at radius 3 is 3.00 bits per heavy atom. The first-order valence-electron chi connectivity index (χ1n) is 6.04. The predicted molar refractivity (Wildman–Crippen MR) is 61.9 cm³/mol. The Kier molecular flexibility index (Phi) is 3.10. The number of nitrogens with one attached hydrogen (secondary N) is 1. The first-order chi connectivity index (χ1) is 7.26. The molecule has 0 saturated carbocycles. The molecule has 0 amide bonds. The van der Waals surface area contributed by atoms with Crippen LogP contribution in [0.15, 0.2) is 12.3 Å². The lowest BCUT2D eigenvalue weighted by Crippen LogP contribution is -2.29. The lowest BCUT2D eigenvalue weighted by Gasteiger charge is -2.18. The highest BCUT2D eigenvalue weighted by Crippen LogP contribution is 2.32. The normalized spacial score (nSPS) is 31.0. The Hall–Kier alpha value is -0.830. The van der Waals surface area contributed by atoms with Crippen molar-refractivity contribution in [3.8, 4) is 0 Å². The summed E-state index contributed by atoms with van der Waals surface area (Å²) in [6.07, 6.45) is 4.36. The van der Waals surface area contributed by atoms with Gasteiger partial charge in [-0.1, -0.05) is 6.92 Å². The van der Waals surface area contributed by atoms with E-state index in [0.29, 0.717) is 18.0 Å². The maximum absolute atomic E-state index is 4.36. The average molecular weight is 207 g/mol. The third kappa shape index (κ3) is 1.93. The van der Waals surface area contributed by atoms with Gasteiger partial charge in [0.1, 0.15) is 0 Å². The smallest absolute Gasteiger partial charge is 0.0492 e. The van der Waals surface area contributed by atoms with Crippen LogP contribution in [-0.4, -0.2) is 21.9 Å². The van der Waals surface area contributed by atoms with Gasteiger partial charge in [-0.25, -0.2) is 0 Å². The topological polar surface area (TPSA) is 29.9 Å². The van der Waals surface area contributed by atoms with Crippen LogP contribution in [-0.2, 0) is 6.54 Å². The minimum Gasteiger partial charge on any atom is -0.311 e. The van der Waals surface area contributed by atoms with E-state index >= 15 is 0 Å². The van der Waals surface area contributed by atoms with Crippen LogP contribution in [0.25, 0.3) is 0 Å². The van der Waals surface area contributed by atoms with Crippen LogP contribution in [0.5, 0.6) is 0 Å². The second-order valence-electron chi connectivity index (χ2n) is 4.50. The van der Waals surface area contributed by atoms with E-state index < -0.39 is 0 Å². The molecule has 1 saturated heterocycles. The molecule has 1 aromatic rings. The van der Waals surface area contributed by atoms with Crippen LogP contribution in [0.3, 0.4) is 0 Å². The van der Waals surface area contributed by atoms with E-state index in [9.17, 15) is 0 Å². The number of hydrogen-bond donors (Lipinski definition) is 1. The van der Waals surface area contributed by atoms with Crippen molar-refractivity contribution < 1.29 is 0 Å². The average Bonchev–Trinajstić information content (AvgIpc) is 2.82. The van der Waals surface area contributed by atoms with E-state index in [2.05, 4.69) is 41.9 Å². The third-order valence-corrected chi connectivity index (χ3v) is 3.46. The maximum atomic E-state index is 4.36. The summed E-state index contributed by atoms with van der Waals surface area (Å²) in [6.45, 7) is 7.66. The van der Waals surface area contributed by atoms with Gasteiger partial charge in [0.05, 0.1) is 0 Å². The van der Waals surface area contributed by atoms with E-state index in [0.717, 1.165) is 6.54 Å². The first-order valence-corrected chi connectivity index (χ1v) is 6.04.